The van der Waals surface area contributed by atoms with Crippen LogP contribution in [0.4, 0.5) is 0 Å². The zero-order valence-corrected chi connectivity index (χ0v) is 18.4. The Morgan fingerprint density at radius 3 is 2.60 bits per heavy atom. The van der Waals surface area contributed by atoms with Crippen LogP contribution < -0.4 is 11.6 Å². The van der Waals surface area contributed by atoms with Gasteiger partial charge in [-0.1, -0.05) is 19.1 Å². The van der Waals surface area contributed by atoms with Crippen LogP contribution in [0.15, 0.2) is 48.3 Å². The molecule has 2 aromatic carbocycles. The number of nitrogens with zero attached hydrogens (tertiary/aromatic N) is 3. The molecule has 6 N–H and O–H groups in total. The summed E-state index contributed by atoms with van der Waals surface area (Å²) in [5.41, 5.74) is 9.69. The van der Waals surface area contributed by atoms with Gasteiger partial charge in [-0.05, 0) is 55.9 Å². The number of thiazole rings is 1. The van der Waals surface area contributed by atoms with Crippen molar-refractivity contribution in [2.75, 3.05) is 20.6 Å². The van der Waals surface area contributed by atoms with Gasteiger partial charge in [-0.2, -0.15) is 0 Å². The lowest BCUT2D eigenvalue weighted by molar-refractivity contribution is 0.321. The molecule has 160 valence electrons. The third kappa shape index (κ3) is 5.02. The Labute approximate surface area is 180 Å². The zero-order valence-electron chi connectivity index (χ0n) is 17.5. The number of nitrogens with two attached hydrogens (primary N) is 2. The minimum atomic E-state index is -0.461. The predicted molar refractivity (Wildman–Crippen MR) is 122 cm³/mol. The summed E-state index contributed by atoms with van der Waals surface area (Å²) in [4.78, 5) is 6.85. The van der Waals surface area contributed by atoms with Gasteiger partial charge in [0.25, 0.3) is 0 Å². The van der Waals surface area contributed by atoms with Crippen LogP contribution in [0.25, 0.3) is 10.2 Å². The fourth-order valence-electron chi connectivity index (χ4n) is 3.16. The molecule has 0 radical (unpaired) electrons. The number of aromatic hydroxyl groups is 2. The lowest BCUT2D eigenvalue weighted by atomic mass is 10.1. The smallest absolute Gasteiger partial charge is 0.157 e. The molecule has 30 heavy (non-hydrogen) atoms. The molecule has 1 aromatic heterocycles. The second-order valence-electron chi connectivity index (χ2n) is 7.56. The summed E-state index contributed by atoms with van der Waals surface area (Å²) >= 11 is 1.56. The SMILES string of the molecule is CCc1ccc2nc(C(c3ccc(O)c(O)c3)N(N)/C=C(\N)CCN(C)C)sc2c1. The molecule has 8 heteroatoms. The molecule has 0 saturated heterocycles. The Morgan fingerprint density at radius 1 is 1.17 bits per heavy atom. The van der Waals surface area contributed by atoms with Gasteiger partial charge in [0, 0.05) is 24.9 Å². The predicted octanol–water partition coefficient (Wildman–Crippen LogP) is 3.29. The molecular weight excluding hydrogens is 398 g/mol. The minimum absolute atomic E-state index is 0.181. The first kappa shape index (κ1) is 21.9. The van der Waals surface area contributed by atoms with Crippen molar-refractivity contribution in [2.24, 2.45) is 11.6 Å². The van der Waals surface area contributed by atoms with Crippen molar-refractivity contribution in [3.05, 3.63) is 64.4 Å². The van der Waals surface area contributed by atoms with E-state index in [4.69, 9.17) is 16.6 Å². The number of fused-ring (bicyclic) bond motifs is 1. The molecule has 0 aliphatic carbocycles. The van der Waals surface area contributed by atoms with Crippen LogP contribution in [-0.4, -0.2) is 45.7 Å². The monoisotopic (exact) mass is 427 g/mol. The fraction of sp³-hybridized carbons (Fsp3) is 0.318. The lowest BCUT2D eigenvalue weighted by Crippen LogP contribution is -2.32. The largest absolute Gasteiger partial charge is 0.504 e. The van der Waals surface area contributed by atoms with Crippen LogP contribution in [-0.2, 0) is 6.42 Å². The first-order valence-corrected chi connectivity index (χ1v) is 10.6. The number of benzene rings is 2. The molecule has 0 aliphatic rings. The zero-order chi connectivity index (χ0) is 21.8. The molecule has 0 fully saturated rings. The molecule has 1 unspecified atom stereocenters. The van der Waals surface area contributed by atoms with Crippen LogP contribution >= 0.6 is 11.3 Å². The average molecular weight is 428 g/mol. The number of phenolic OH excluding ortho intramolecular Hbond substituents is 2. The van der Waals surface area contributed by atoms with Crippen LogP contribution in [0, 0.1) is 0 Å². The quantitative estimate of drug-likeness (QED) is 0.248. The van der Waals surface area contributed by atoms with E-state index in [2.05, 4.69) is 24.0 Å². The molecule has 0 saturated carbocycles. The van der Waals surface area contributed by atoms with Crippen molar-refractivity contribution in [1.82, 2.24) is 14.9 Å². The van der Waals surface area contributed by atoms with Gasteiger partial charge >= 0.3 is 0 Å². The number of hydrazine groups is 1. The van der Waals surface area contributed by atoms with Crippen molar-refractivity contribution >= 4 is 21.6 Å². The molecule has 1 heterocycles. The van der Waals surface area contributed by atoms with Gasteiger partial charge in [0.2, 0.25) is 0 Å². The minimum Gasteiger partial charge on any atom is -0.504 e. The summed E-state index contributed by atoms with van der Waals surface area (Å²) in [7, 11) is 3.97. The second kappa shape index (κ2) is 9.34. The van der Waals surface area contributed by atoms with E-state index in [1.54, 1.807) is 23.6 Å². The Kier molecular flexibility index (Phi) is 6.81. The van der Waals surface area contributed by atoms with Gasteiger partial charge in [0.05, 0.1) is 10.2 Å². The van der Waals surface area contributed by atoms with Crippen molar-refractivity contribution in [3.63, 3.8) is 0 Å². The van der Waals surface area contributed by atoms with E-state index >= 15 is 0 Å². The number of phenols is 2. The molecule has 1 atom stereocenters. The first-order valence-electron chi connectivity index (χ1n) is 9.83. The van der Waals surface area contributed by atoms with Crippen molar-refractivity contribution in [2.45, 2.75) is 25.8 Å². The summed E-state index contributed by atoms with van der Waals surface area (Å²) in [6.45, 7) is 2.93. The highest BCUT2D eigenvalue weighted by molar-refractivity contribution is 7.18. The van der Waals surface area contributed by atoms with Crippen molar-refractivity contribution in [3.8, 4) is 11.5 Å². The molecule has 3 aromatic rings. The standard InChI is InChI=1S/C22H29N5O2S/c1-4-14-5-7-17-20(11-14)30-22(25-17)21(15-6-8-18(28)19(29)12-15)27(24)13-16(23)9-10-26(2)3/h5-8,11-13,21,28-29H,4,9-10,23-24H2,1-3H3/b16-13-. The third-order valence-electron chi connectivity index (χ3n) is 4.89. The summed E-state index contributed by atoms with van der Waals surface area (Å²) in [5, 5.41) is 22.1. The maximum atomic E-state index is 10.0. The molecule has 0 bridgehead atoms. The average Bonchev–Trinajstić information content (AvgIpc) is 3.11. The van der Waals surface area contributed by atoms with Crippen molar-refractivity contribution in [1.29, 1.82) is 0 Å². The van der Waals surface area contributed by atoms with Gasteiger partial charge in [-0.15, -0.1) is 11.3 Å². The number of hydrogen-bond donors (Lipinski definition) is 4. The van der Waals surface area contributed by atoms with Gasteiger partial charge in [-0.3, -0.25) is 0 Å². The summed E-state index contributed by atoms with van der Waals surface area (Å²) in [6, 6.07) is 10.5. The van der Waals surface area contributed by atoms with Crippen LogP contribution in [0.3, 0.4) is 0 Å². The molecule has 7 nitrogen and oxygen atoms in total. The van der Waals surface area contributed by atoms with E-state index < -0.39 is 6.04 Å². The number of rotatable bonds is 8. The highest BCUT2D eigenvalue weighted by Gasteiger charge is 2.24. The number of hydrogen-bond acceptors (Lipinski definition) is 8. The summed E-state index contributed by atoms with van der Waals surface area (Å²) in [6.07, 6.45) is 3.34. The Bertz CT molecular complexity index is 1050. The number of aryl methyl sites for hydroxylation is 1. The number of aromatic nitrogens is 1. The molecule has 0 spiro atoms. The van der Waals surface area contributed by atoms with Gasteiger partial charge in [0.15, 0.2) is 11.5 Å². The topological polar surface area (TPSA) is 112 Å². The van der Waals surface area contributed by atoms with E-state index in [1.165, 1.54) is 22.7 Å². The highest BCUT2D eigenvalue weighted by Crippen LogP contribution is 2.37. The molecular formula is C22H29N5O2S. The van der Waals surface area contributed by atoms with E-state index in [-0.39, 0.29) is 11.5 Å². The fourth-order valence-corrected chi connectivity index (χ4v) is 4.33. The lowest BCUT2D eigenvalue weighted by Gasteiger charge is -2.26. The van der Waals surface area contributed by atoms with Gasteiger partial charge < -0.3 is 25.9 Å². The molecule has 3 rings (SSSR count). The Morgan fingerprint density at radius 2 is 1.93 bits per heavy atom. The first-order chi connectivity index (χ1) is 14.3. The second-order valence-corrected chi connectivity index (χ2v) is 8.63. The third-order valence-corrected chi connectivity index (χ3v) is 5.96. The van der Waals surface area contributed by atoms with Crippen LogP contribution in [0.1, 0.15) is 35.5 Å². The Balaban J connectivity index is 2.03. The van der Waals surface area contributed by atoms with Gasteiger partial charge in [-0.25, -0.2) is 10.8 Å². The molecule has 0 aliphatic heterocycles. The maximum Gasteiger partial charge on any atom is 0.157 e. The van der Waals surface area contributed by atoms with E-state index in [9.17, 15) is 10.2 Å². The van der Waals surface area contributed by atoms with Crippen LogP contribution in [0.5, 0.6) is 11.5 Å². The Hall–Kier alpha value is -2.81. The summed E-state index contributed by atoms with van der Waals surface area (Å²) in [5.74, 6) is 6.06. The van der Waals surface area contributed by atoms with E-state index in [0.717, 1.165) is 28.2 Å². The van der Waals surface area contributed by atoms with E-state index in [1.807, 2.05) is 20.2 Å². The molecule has 0 amide bonds. The highest BCUT2D eigenvalue weighted by atomic mass is 32.1. The summed E-state index contributed by atoms with van der Waals surface area (Å²) < 4.78 is 1.08. The maximum absolute atomic E-state index is 10.0. The van der Waals surface area contributed by atoms with Crippen molar-refractivity contribution < 1.29 is 10.2 Å². The normalized spacial score (nSPS) is 13.2. The van der Waals surface area contributed by atoms with Crippen LogP contribution in [0.2, 0.25) is 0 Å². The van der Waals surface area contributed by atoms with E-state index in [0.29, 0.717) is 17.7 Å². The van der Waals surface area contributed by atoms with Gasteiger partial charge in [0.1, 0.15) is 11.0 Å².